The van der Waals surface area contributed by atoms with Gasteiger partial charge in [-0.15, -0.1) is 0 Å². The zero-order chi connectivity index (χ0) is 66.7. The van der Waals surface area contributed by atoms with E-state index in [1.54, 1.807) is 0 Å². The quantitative estimate of drug-likeness (QED) is 0.113. The topological polar surface area (TPSA) is 31.4 Å². The first-order valence-corrected chi connectivity index (χ1v) is 33.9. The second-order valence-corrected chi connectivity index (χ2v) is 20.8. The van der Waals surface area contributed by atoms with Gasteiger partial charge in [-0.1, -0.05) is 290 Å². The van der Waals surface area contributed by atoms with Gasteiger partial charge in [0.25, 0.3) is 0 Å². The van der Waals surface area contributed by atoms with Gasteiger partial charge in [0.2, 0.25) is 0 Å². The van der Waals surface area contributed by atoms with E-state index in [4.69, 9.17) is 9.31 Å². The van der Waals surface area contributed by atoms with E-state index in [1.165, 1.54) is 66.8 Å². The highest BCUT2D eigenvalue weighted by atomic mass is 16.7. The number of benzene rings is 6. The van der Waals surface area contributed by atoms with Crippen molar-refractivity contribution >= 4 is 7.12 Å². The number of hydrogen-bond donors (Lipinski definition) is 0. The number of nitrogens with zero attached hydrogens (tertiary/aromatic N) is 4. The predicted molar refractivity (Wildman–Crippen MR) is 393 cm³/mol. The Morgan fingerprint density at radius 1 is 0.337 bits per heavy atom. The third-order valence-corrected chi connectivity index (χ3v) is 14.9. The molecule has 86 heavy (non-hydrogen) atoms. The van der Waals surface area contributed by atoms with Crippen LogP contribution in [0.2, 0.25) is 0 Å². The molecule has 1 heterocycles. The van der Waals surface area contributed by atoms with Gasteiger partial charge in [-0.3, -0.25) is 0 Å². The Bertz CT molecular complexity index is 2390. The molecule has 0 radical (unpaired) electrons. The fraction of sp³-hybridized carbons (Fsp3) is 0.544. The van der Waals surface area contributed by atoms with Gasteiger partial charge >= 0.3 is 7.12 Å². The van der Waals surface area contributed by atoms with Gasteiger partial charge in [0.1, 0.15) is 0 Å². The molecule has 0 unspecified atom stereocenters. The monoisotopic (exact) mass is 1180 g/mol. The summed E-state index contributed by atoms with van der Waals surface area (Å²) in [5.74, 6) is 0. The second-order valence-electron chi connectivity index (χ2n) is 20.8. The van der Waals surface area contributed by atoms with E-state index in [0.717, 1.165) is 77.9 Å². The molecule has 2 aliphatic carbocycles. The summed E-state index contributed by atoms with van der Waals surface area (Å²) in [6.45, 7) is 61.1. The molecule has 7 heteroatoms. The van der Waals surface area contributed by atoms with Crippen molar-refractivity contribution in [2.45, 2.75) is 210 Å². The average molecular weight is 1180 g/mol. The minimum absolute atomic E-state index is 0.172. The molecule has 0 saturated carbocycles. The lowest BCUT2D eigenvalue weighted by molar-refractivity contribution is 0.00578. The minimum Gasteiger partial charge on any atom is -0.403 e. The highest BCUT2D eigenvalue weighted by molar-refractivity contribution is 6.45. The van der Waals surface area contributed by atoms with Crippen molar-refractivity contribution in [2.75, 3.05) is 80.5 Å². The molecule has 1 saturated heterocycles. The molecule has 3 aliphatic rings. The van der Waals surface area contributed by atoms with Gasteiger partial charge in [-0.2, -0.15) is 0 Å². The van der Waals surface area contributed by atoms with Gasteiger partial charge in [-0.25, -0.2) is 0 Å². The van der Waals surface area contributed by atoms with Gasteiger partial charge < -0.3 is 28.9 Å². The largest absolute Gasteiger partial charge is 0.462 e. The molecular formula is C79H135BN4O2. The summed E-state index contributed by atoms with van der Waals surface area (Å²) in [7, 11) is 8.27. The average Bonchev–Trinajstić information content (AvgIpc) is 1.94. The molecule has 0 spiro atoms. The summed E-state index contributed by atoms with van der Waals surface area (Å²) in [6.07, 6.45) is 3.93. The van der Waals surface area contributed by atoms with Crippen LogP contribution in [-0.4, -0.2) is 118 Å². The number of aryl methyl sites for hydroxylation is 1. The molecule has 9 rings (SSSR count). The number of rotatable bonds is 12. The highest BCUT2D eigenvalue weighted by Crippen LogP contribution is 2.40. The maximum absolute atomic E-state index is 6.13. The molecule has 0 aromatic heterocycles. The van der Waals surface area contributed by atoms with Crippen molar-refractivity contribution in [3.8, 4) is 22.3 Å². The van der Waals surface area contributed by atoms with Crippen LogP contribution in [0.3, 0.4) is 0 Å². The summed E-state index contributed by atoms with van der Waals surface area (Å²) in [5.41, 5.74) is 16.2. The van der Waals surface area contributed by atoms with Crippen molar-refractivity contribution < 1.29 is 9.31 Å². The molecule has 1 aliphatic heterocycles. The summed E-state index contributed by atoms with van der Waals surface area (Å²) in [4.78, 5) is 9.00. The molecule has 6 nitrogen and oxygen atoms in total. The zero-order valence-corrected chi connectivity index (χ0v) is 61.5. The van der Waals surface area contributed by atoms with Crippen LogP contribution in [0.15, 0.2) is 146 Å². The third kappa shape index (κ3) is 34.6. The molecule has 1 fully saturated rings. The SMILES string of the molecule is CC.CC.CC.CC.CC.CC.CC1(C)OB(Cc2ccc3c(c2)-c2ccccc2C3)OC1(C)C.CCN(C)CC.CCN(C)CC.CCN(C)CC.CCN(C)CC.Cc1ccccc1.c1ccc(Cc2ccc3c(c2)-c2ccccc2C3)cc1. The van der Waals surface area contributed by atoms with Crippen LogP contribution in [0.1, 0.15) is 211 Å². The molecule has 6 aromatic carbocycles. The maximum atomic E-state index is 6.13. The Morgan fingerprint density at radius 2 is 0.616 bits per heavy atom. The van der Waals surface area contributed by atoms with Crippen molar-refractivity contribution in [1.29, 1.82) is 0 Å². The summed E-state index contributed by atoms with van der Waals surface area (Å²) < 4.78 is 12.3. The zero-order valence-electron chi connectivity index (χ0n) is 61.5. The van der Waals surface area contributed by atoms with Gasteiger partial charge in [0, 0.05) is 6.32 Å². The van der Waals surface area contributed by atoms with Crippen molar-refractivity contribution in [2.24, 2.45) is 0 Å². The van der Waals surface area contributed by atoms with Crippen molar-refractivity contribution in [3.05, 3.63) is 190 Å². The molecule has 0 bridgehead atoms. The molecule has 486 valence electrons. The second kappa shape index (κ2) is 54.3. The molecule has 0 N–H and O–H groups in total. The van der Waals surface area contributed by atoms with E-state index in [-0.39, 0.29) is 18.3 Å². The number of hydrogen-bond acceptors (Lipinski definition) is 6. The number of fused-ring (bicyclic) bond motifs is 6. The van der Waals surface area contributed by atoms with E-state index in [0.29, 0.717) is 0 Å². The first-order chi connectivity index (χ1) is 41.4. The summed E-state index contributed by atoms with van der Waals surface area (Å²) in [5, 5.41) is 0. The Balaban J connectivity index is -0.000000480. The van der Waals surface area contributed by atoms with E-state index in [9.17, 15) is 0 Å². The summed E-state index contributed by atoms with van der Waals surface area (Å²) >= 11 is 0. The van der Waals surface area contributed by atoms with Crippen LogP contribution in [0, 0.1) is 6.92 Å². The normalized spacial score (nSPS) is 12.2. The molecule has 6 aromatic rings. The lowest BCUT2D eigenvalue weighted by atomic mass is 9.80. The van der Waals surface area contributed by atoms with Gasteiger partial charge in [0.15, 0.2) is 0 Å². The fourth-order valence-corrected chi connectivity index (χ4v) is 8.08. The summed E-state index contributed by atoms with van der Waals surface area (Å²) in [6, 6.07) is 52.1. The van der Waals surface area contributed by atoms with Crippen LogP contribution < -0.4 is 0 Å². The standard InChI is InChI=1S/C20H23BO2.C20H16.C7H8.4C5H13N.6C2H6/c1-19(2)20(3,4)23-21(22-19)13-14-9-10-16-12-15-7-5-6-8-17(15)18(16)11-14;1-2-6-15(7-3-1)12-16-10-11-18-14-17-8-4-5-9-19(17)20(18)13-16;1-7-5-3-2-4-6-7;4*1-4-6(3)5-2;6*1-2/h5-11H,12-13H2,1-4H3;1-11,13H,12,14H2;2-6H,1H3;4*4-5H2,1-3H3;6*1-2H3. The van der Waals surface area contributed by atoms with E-state index < -0.39 is 0 Å². The van der Waals surface area contributed by atoms with Crippen LogP contribution in [0.25, 0.3) is 22.3 Å². The lowest BCUT2D eigenvalue weighted by Crippen LogP contribution is -2.41. The Hall–Kier alpha value is -4.86. The first-order valence-electron chi connectivity index (χ1n) is 33.9. The smallest absolute Gasteiger partial charge is 0.403 e. The Labute approximate surface area is 536 Å². The maximum Gasteiger partial charge on any atom is 0.462 e. The molecule has 0 amide bonds. The minimum atomic E-state index is -0.263. The third-order valence-electron chi connectivity index (χ3n) is 14.9. The van der Waals surface area contributed by atoms with Crippen molar-refractivity contribution in [3.63, 3.8) is 0 Å². The Kier molecular flexibility index (Phi) is 55.3. The van der Waals surface area contributed by atoms with Gasteiger partial charge in [0.05, 0.1) is 11.2 Å². The molecule has 0 atom stereocenters. The highest BCUT2D eigenvalue weighted by Gasteiger charge is 2.50. The predicted octanol–water partition coefficient (Wildman–Crippen LogP) is 21.3. The molecular weight excluding hydrogens is 1050 g/mol. The lowest BCUT2D eigenvalue weighted by Gasteiger charge is -2.32. The first kappa shape index (κ1) is 87.6. The van der Waals surface area contributed by atoms with E-state index in [1.807, 2.05) is 101 Å². The fourth-order valence-electron chi connectivity index (χ4n) is 8.08. The Morgan fingerprint density at radius 3 is 0.919 bits per heavy atom. The van der Waals surface area contributed by atoms with E-state index in [2.05, 4.69) is 265 Å². The van der Waals surface area contributed by atoms with Crippen molar-refractivity contribution in [1.82, 2.24) is 19.6 Å². The van der Waals surface area contributed by atoms with Crippen LogP contribution in [-0.2, 0) is 34.9 Å². The van der Waals surface area contributed by atoms with Crippen LogP contribution in [0.5, 0.6) is 0 Å². The van der Waals surface area contributed by atoms with Crippen LogP contribution >= 0.6 is 0 Å². The van der Waals surface area contributed by atoms with Gasteiger partial charge in [-0.05, 0) is 196 Å². The van der Waals surface area contributed by atoms with Crippen LogP contribution in [0.4, 0.5) is 0 Å². The van der Waals surface area contributed by atoms with E-state index >= 15 is 0 Å².